The molecule has 1 aliphatic carbocycles. The van der Waals surface area contributed by atoms with E-state index in [0.29, 0.717) is 11.3 Å². The van der Waals surface area contributed by atoms with Crippen molar-refractivity contribution >= 4 is 0 Å². The zero-order valence-electron chi connectivity index (χ0n) is 7.69. The van der Waals surface area contributed by atoms with Crippen molar-refractivity contribution in [2.75, 3.05) is 0 Å². The third-order valence-corrected chi connectivity index (χ3v) is 2.64. The summed E-state index contributed by atoms with van der Waals surface area (Å²) in [6.45, 7) is 3.83. The molecule has 1 fully saturated rings. The molecule has 4 heteroatoms. The van der Waals surface area contributed by atoms with Gasteiger partial charge in [0.15, 0.2) is 0 Å². The van der Waals surface area contributed by atoms with E-state index in [1.165, 1.54) is 0 Å². The fraction of sp³-hybridized carbons (Fsp3) is 0.778. The van der Waals surface area contributed by atoms with E-state index in [9.17, 15) is 15.3 Å². The van der Waals surface area contributed by atoms with Crippen molar-refractivity contribution in [2.45, 2.75) is 38.3 Å². The van der Waals surface area contributed by atoms with Gasteiger partial charge in [0.05, 0.1) is 11.7 Å². The van der Waals surface area contributed by atoms with E-state index < -0.39 is 18.0 Å². The molecular weight excluding hydrogens is 172 g/mol. The van der Waals surface area contributed by atoms with Gasteiger partial charge in [0.25, 0.3) is 0 Å². The fourth-order valence-corrected chi connectivity index (χ4v) is 1.98. The third kappa shape index (κ3) is 1.03. The van der Waals surface area contributed by atoms with E-state index in [1.807, 2.05) is 13.8 Å². The summed E-state index contributed by atoms with van der Waals surface area (Å²) in [5.74, 6) is -0.639. The maximum absolute atomic E-state index is 9.71. The molecule has 0 radical (unpaired) electrons. The number of ether oxygens (including phenoxy) is 1. The molecule has 2 rings (SSSR count). The second-order valence-corrected chi connectivity index (χ2v) is 4.04. The number of allylic oxidation sites excluding steroid dienone is 1. The van der Waals surface area contributed by atoms with E-state index >= 15 is 0 Å². The maximum atomic E-state index is 9.71. The quantitative estimate of drug-likeness (QED) is 0.527. The fourth-order valence-electron chi connectivity index (χ4n) is 1.98. The van der Waals surface area contributed by atoms with Gasteiger partial charge in [0.1, 0.15) is 11.9 Å². The first-order chi connectivity index (χ1) is 5.96. The van der Waals surface area contributed by atoms with Crippen LogP contribution in [0, 0.1) is 5.92 Å². The summed E-state index contributed by atoms with van der Waals surface area (Å²) in [7, 11) is 0. The molecule has 0 amide bonds. The molecule has 2 aliphatic rings. The predicted octanol–water partition coefficient (Wildman–Crippen LogP) is -0.259. The predicted molar refractivity (Wildman–Crippen MR) is 44.5 cm³/mol. The Balaban J connectivity index is 2.35. The van der Waals surface area contributed by atoms with Crippen molar-refractivity contribution in [2.24, 2.45) is 5.92 Å². The molecule has 0 aromatic rings. The van der Waals surface area contributed by atoms with Crippen molar-refractivity contribution < 1.29 is 20.1 Å². The number of aliphatic hydroxyl groups is 3. The lowest BCUT2D eigenvalue weighted by molar-refractivity contribution is -0.192. The molecule has 0 aromatic carbocycles. The van der Waals surface area contributed by atoms with Gasteiger partial charge in [0.2, 0.25) is 5.79 Å². The van der Waals surface area contributed by atoms with E-state index in [1.54, 1.807) is 0 Å². The van der Waals surface area contributed by atoms with Crippen LogP contribution in [0.5, 0.6) is 0 Å². The summed E-state index contributed by atoms with van der Waals surface area (Å²) in [5.41, 5.74) is 0.468. The number of aliphatic hydroxyl groups excluding tert-OH is 2. The Morgan fingerprint density at radius 2 is 2.08 bits per heavy atom. The highest BCUT2D eigenvalue weighted by atomic mass is 16.7. The summed E-state index contributed by atoms with van der Waals surface area (Å²) in [6.07, 6.45) is -1.80. The Hall–Kier alpha value is -0.580. The monoisotopic (exact) mass is 186 g/mol. The van der Waals surface area contributed by atoms with Crippen LogP contribution in [-0.2, 0) is 4.74 Å². The van der Waals surface area contributed by atoms with Crippen LogP contribution in [0.1, 0.15) is 20.3 Å². The SMILES string of the molecule is CC(C)C1=C2C(O)[C@H](O)CC2(O)O1. The highest BCUT2D eigenvalue weighted by Gasteiger charge is 2.58. The van der Waals surface area contributed by atoms with E-state index in [-0.39, 0.29) is 12.3 Å². The van der Waals surface area contributed by atoms with Gasteiger partial charge >= 0.3 is 0 Å². The average molecular weight is 186 g/mol. The summed E-state index contributed by atoms with van der Waals surface area (Å²) in [4.78, 5) is 0. The van der Waals surface area contributed by atoms with Crippen LogP contribution >= 0.6 is 0 Å². The zero-order valence-corrected chi connectivity index (χ0v) is 7.69. The highest BCUT2D eigenvalue weighted by Crippen LogP contribution is 2.49. The molecule has 0 bridgehead atoms. The molecule has 1 heterocycles. The lowest BCUT2D eigenvalue weighted by Gasteiger charge is -2.39. The first-order valence-electron chi connectivity index (χ1n) is 4.48. The Kier molecular flexibility index (Phi) is 1.71. The van der Waals surface area contributed by atoms with Crippen LogP contribution in [0.2, 0.25) is 0 Å². The summed E-state index contributed by atoms with van der Waals surface area (Å²) in [6, 6.07) is 0. The van der Waals surface area contributed by atoms with E-state index in [4.69, 9.17) is 4.74 Å². The number of rotatable bonds is 1. The molecular formula is C9H14O4. The summed E-state index contributed by atoms with van der Waals surface area (Å²) < 4.78 is 5.17. The van der Waals surface area contributed by atoms with Gasteiger partial charge in [0, 0.05) is 12.3 Å². The number of hydrogen-bond donors (Lipinski definition) is 3. The Morgan fingerprint density at radius 1 is 1.46 bits per heavy atom. The van der Waals surface area contributed by atoms with Crippen LogP contribution in [-0.4, -0.2) is 33.3 Å². The smallest absolute Gasteiger partial charge is 0.239 e. The molecule has 74 valence electrons. The van der Waals surface area contributed by atoms with E-state index in [2.05, 4.69) is 0 Å². The van der Waals surface area contributed by atoms with Crippen LogP contribution in [0.4, 0.5) is 0 Å². The van der Waals surface area contributed by atoms with Crippen molar-refractivity contribution in [3.63, 3.8) is 0 Å². The van der Waals surface area contributed by atoms with Crippen molar-refractivity contribution in [1.82, 2.24) is 0 Å². The molecule has 1 saturated carbocycles. The van der Waals surface area contributed by atoms with Crippen LogP contribution in [0.25, 0.3) is 0 Å². The van der Waals surface area contributed by atoms with E-state index in [0.717, 1.165) is 0 Å². The van der Waals surface area contributed by atoms with Gasteiger partial charge in [-0.1, -0.05) is 13.8 Å². The Bertz CT molecular complexity index is 271. The lowest BCUT2D eigenvalue weighted by atomic mass is 9.95. The molecule has 3 atom stereocenters. The second-order valence-electron chi connectivity index (χ2n) is 4.04. The molecule has 1 aliphatic heterocycles. The number of fused-ring (bicyclic) bond motifs is 1. The van der Waals surface area contributed by atoms with Crippen molar-refractivity contribution in [3.8, 4) is 0 Å². The van der Waals surface area contributed by atoms with Gasteiger partial charge in [-0.3, -0.25) is 0 Å². The van der Waals surface area contributed by atoms with Gasteiger partial charge < -0.3 is 20.1 Å². The summed E-state index contributed by atoms with van der Waals surface area (Å²) in [5, 5.41) is 28.6. The van der Waals surface area contributed by atoms with Crippen molar-refractivity contribution in [3.05, 3.63) is 11.3 Å². The van der Waals surface area contributed by atoms with Crippen LogP contribution in [0.15, 0.2) is 11.3 Å². The normalized spacial score (nSPS) is 43.2. The topological polar surface area (TPSA) is 69.9 Å². The molecule has 4 nitrogen and oxygen atoms in total. The molecule has 3 N–H and O–H groups in total. The van der Waals surface area contributed by atoms with Crippen LogP contribution in [0.3, 0.4) is 0 Å². The minimum Gasteiger partial charge on any atom is -0.462 e. The third-order valence-electron chi connectivity index (χ3n) is 2.64. The summed E-state index contributed by atoms with van der Waals surface area (Å²) >= 11 is 0. The standard InChI is InChI=1S/C9H14O4/c1-4(2)8-6-7(11)5(10)3-9(6,12)13-8/h4-5,7,10-12H,3H2,1-2H3/t5-,7?,9?/m1/s1. The van der Waals surface area contributed by atoms with Crippen molar-refractivity contribution in [1.29, 1.82) is 0 Å². The van der Waals surface area contributed by atoms with Gasteiger partial charge in [-0.15, -0.1) is 0 Å². The molecule has 0 saturated heterocycles. The molecule has 2 unspecified atom stereocenters. The first-order valence-corrected chi connectivity index (χ1v) is 4.48. The second kappa shape index (κ2) is 2.47. The van der Waals surface area contributed by atoms with Gasteiger partial charge in [-0.05, 0) is 0 Å². The molecule has 13 heavy (non-hydrogen) atoms. The molecule has 0 aromatic heterocycles. The highest BCUT2D eigenvalue weighted by molar-refractivity contribution is 5.36. The zero-order chi connectivity index (χ0) is 9.80. The maximum Gasteiger partial charge on any atom is 0.239 e. The minimum atomic E-state index is -1.39. The minimum absolute atomic E-state index is 0.0692. The number of hydrogen-bond acceptors (Lipinski definition) is 4. The van der Waals surface area contributed by atoms with Crippen LogP contribution < -0.4 is 0 Å². The Morgan fingerprint density at radius 3 is 2.54 bits per heavy atom. The Labute approximate surface area is 76.5 Å². The molecule has 0 spiro atoms. The lowest BCUT2D eigenvalue weighted by Crippen LogP contribution is -2.43. The first kappa shape index (κ1) is 8.99. The average Bonchev–Trinajstić information content (AvgIpc) is 2.12. The largest absolute Gasteiger partial charge is 0.462 e. The van der Waals surface area contributed by atoms with Gasteiger partial charge in [-0.2, -0.15) is 0 Å². The van der Waals surface area contributed by atoms with Gasteiger partial charge in [-0.25, -0.2) is 0 Å².